The molecule has 15 N–H and O–H groups in total. The number of Topliss-reactive ketones (excluding diaryl/α,β-unsaturated/α-hetero) is 1. The number of imide groups is 1. The number of hydrazine groups is 2. The monoisotopic (exact) mass is 1770 g/mol. The van der Waals surface area contributed by atoms with Crippen molar-refractivity contribution in [1.82, 2.24) is 47.5 Å². The molecule has 9 amide bonds. The molecule has 6 fully saturated rings. The van der Waals surface area contributed by atoms with Crippen molar-refractivity contribution in [2.45, 2.75) is 282 Å². The first-order valence-electron chi connectivity index (χ1n) is 44.8. The van der Waals surface area contributed by atoms with Crippen molar-refractivity contribution in [2.24, 2.45) is 51.6 Å². The van der Waals surface area contributed by atoms with Crippen LogP contribution in [-0.4, -0.2) is 278 Å². The van der Waals surface area contributed by atoms with Crippen molar-refractivity contribution in [2.75, 3.05) is 97.6 Å². The van der Waals surface area contributed by atoms with E-state index in [0.717, 1.165) is 44.6 Å². The van der Waals surface area contributed by atoms with E-state index >= 15 is 13.6 Å². The van der Waals surface area contributed by atoms with Crippen LogP contribution in [0, 0.1) is 45.8 Å². The maximum atomic E-state index is 18.2. The fraction of sp³-hybridized carbons (Fsp3) is 0.750. The highest BCUT2D eigenvalue weighted by molar-refractivity contribution is 6.04. The lowest BCUT2D eigenvalue weighted by Gasteiger charge is -2.63. The molecule has 0 aromatic heterocycles. The van der Waals surface area contributed by atoms with Crippen LogP contribution in [0.25, 0.3) is 0 Å². The predicted octanol–water partition coefficient (Wildman–Crippen LogP) is 4.00. The number of fused-ring (bicyclic) bond motifs is 7. The Kier molecular flexibility index (Phi) is 35.8. The molecule has 0 bridgehead atoms. The van der Waals surface area contributed by atoms with E-state index in [-0.39, 0.29) is 177 Å². The minimum absolute atomic E-state index is 0.0205. The fourth-order valence-corrected chi connectivity index (χ4v) is 20.3. The van der Waals surface area contributed by atoms with Crippen LogP contribution in [0.3, 0.4) is 0 Å². The molecule has 1 aromatic rings. The van der Waals surface area contributed by atoms with Crippen LogP contribution >= 0.6 is 0 Å². The van der Waals surface area contributed by atoms with Gasteiger partial charge in [-0.05, 0) is 162 Å². The number of ether oxygens (including phenoxy) is 9. The van der Waals surface area contributed by atoms with Gasteiger partial charge < -0.3 is 111 Å². The number of nitrogens with zero attached hydrogens (tertiary/aromatic N) is 2. The summed E-state index contributed by atoms with van der Waals surface area (Å²) in [5, 5.41) is 71.9. The average molecular weight is 1770 g/mol. The molecule has 9 aliphatic rings. The number of amides is 9. The third kappa shape index (κ3) is 23.3. The molecule has 4 unspecified atom stereocenters. The minimum Gasteiger partial charge on any atom is -0.486 e. The van der Waals surface area contributed by atoms with E-state index < -0.39 is 180 Å². The van der Waals surface area contributed by atoms with Crippen molar-refractivity contribution in [3.8, 4) is 5.75 Å². The number of ketones is 2. The summed E-state index contributed by atoms with van der Waals surface area (Å²) in [7, 11) is 0. The van der Waals surface area contributed by atoms with E-state index in [4.69, 9.17) is 48.4 Å². The Labute approximate surface area is 729 Å². The van der Waals surface area contributed by atoms with Gasteiger partial charge in [0.05, 0.1) is 95.5 Å². The zero-order chi connectivity index (χ0) is 90.7. The number of carbonyl (C=O) groups excluding carboxylic acids is 10. The van der Waals surface area contributed by atoms with Gasteiger partial charge in [-0.15, -0.1) is 5.53 Å². The summed E-state index contributed by atoms with van der Waals surface area (Å²) >= 11 is 0. The summed E-state index contributed by atoms with van der Waals surface area (Å²) in [5.41, 5.74) is 5.52. The summed E-state index contributed by atoms with van der Waals surface area (Å²) in [6.45, 7) is 17.2. The Morgan fingerprint density at radius 1 is 0.760 bits per heavy atom. The Morgan fingerprint density at radius 3 is 2.11 bits per heavy atom. The molecule has 1 aromatic carbocycles. The van der Waals surface area contributed by atoms with Gasteiger partial charge in [-0.3, -0.25) is 53.1 Å². The molecule has 3 saturated carbocycles. The molecule has 10 rings (SSSR count). The largest absolute Gasteiger partial charge is 0.486 e. The predicted molar refractivity (Wildman–Crippen MR) is 448 cm³/mol. The number of unbranched alkanes of at least 4 members (excludes halogenated alkanes) is 1. The third-order valence-corrected chi connectivity index (χ3v) is 26.6. The number of primary amides is 1. The van der Waals surface area contributed by atoms with E-state index in [1.807, 2.05) is 6.92 Å². The number of urea groups is 1. The zero-order valence-electron chi connectivity index (χ0n) is 73.7. The number of hydrogen-bond donors (Lipinski definition) is 14. The fourth-order valence-electron chi connectivity index (χ4n) is 20.3. The second-order valence-electron chi connectivity index (χ2n) is 36.1. The average Bonchev–Trinajstić information content (AvgIpc) is 1.53. The van der Waals surface area contributed by atoms with Crippen LogP contribution < -0.4 is 53.3 Å². The van der Waals surface area contributed by atoms with Crippen molar-refractivity contribution in [1.29, 1.82) is 0 Å². The topological polar surface area (TPSA) is 484 Å². The minimum atomic E-state index is -2.41. The van der Waals surface area contributed by atoms with Crippen LogP contribution in [0.15, 0.2) is 59.5 Å². The van der Waals surface area contributed by atoms with Gasteiger partial charge >= 0.3 is 6.03 Å². The molecule has 37 heteroatoms. The first-order valence-corrected chi connectivity index (χ1v) is 44.8. The Balaban J connectivity index is 0.725. The Morgan fingerprint density at radius 2 is 1.44 bits per heavy atom. The Bertz CT molecular complexity index is 3980. The summed E-state index contributed by atoms with van der Waals surface area (Å²) in [5.74, 6) is -6.71. The lowest BCUT2D eigenvalue weighted by molar-refractivity contribution is -0.266. The number of allylic oxidation sites excluding steroid dienone is 5. The first-order chi connectivity index (χ1) is 59.6. The summed E-state index contributed by atoms with van der Waals surface area (Å²) in [4.78, 5) is 138. The third-order valence-electron chi connectivity index (χ3n) is 26.6. The molecule has 21 atom stereocenters. The number of nitrogens with two attached hydrogens (primary N) is 1. The molecule has 35 nitrogen and oxygen atoms in total. The van der Waals surface area contributed by atoms with Crippen LogP contribution in [0.5, 0.6) is 5.75 Å². The number of hydrogen-bond acceptors (Lipinski definition) is 27. The van der Waals surface area contributed by atoms with Gasteiger partial charge in [0, 0.05) is 48.4 Å². The standard InChI is InChI=1S/C88H135F2N11O24/c1-10-18-72-124-68-44-56-57-43-60(89)58-42-54(103)27-30-85(58,8)87(57,90)66(104)47-86(56,9)88(68,125-72)67(105)49-121-55-25-23-53(24-26-55)94-78(112)62(20-17-32-93-83(91)116)96-80(114)73(52(5)6)97-79(113)61(19-15-16-31-92-70(107)50-122-64-22-14-12-13-21-63-74(64)98-99-101(63)82-77(111)76(110)75(109)65(48-102)123-82)95-69(106)28-34-117-36-38-119-40-41-120-39-37-118-35-33-100-71(108)45-59(81(100)115)84(7,29-11-2)46-51(3)4/h23-27,30,42,51-52,56-57,59-62,64-66,68,72-73,75-77,82,98-99,102,104,109-111H,10-22,28-29,31-41,43-50H2,1-9H3,(H,92,107)(H,94,112)(H,95,106)(H,96,114)(H,97,113)(H3,91,93,116)/t56-,57-,59?,60-,61+,62-,64?,65+,66-,68+,72?,73-,75-,76-,77+,82+,84?,85-,86-,87-,88+/m0/s1. The number of aliphatic hydroxyl groups excluding tert-OH is 5. The van der Waals surface area contributed by atoms with Gasteiger partial charge in [0.1, 0.15) is 73.8 Å². The number of nitrogens with one attached hydrogen (secondary N) is 8. The van der Waals surface area contributed by atoms with Gasteiger partial charge in [0.2, 0.25) is 47.1 Å². The molecule has 4 aliphatic heterocycles. The van der Waals surface area contributed by atoms with Crippen molar-refractivity contribution < 1.29 is 125 Å². The molecule has 125 heavy (non-hydrogen) atoms. The second kappa shape index (κ2) is 45.0. The highest BCUT2D eigenvalue weighted by atomic mass is 19.1. The lowest BCUT2D eigenvalue weighted by atomic mass is 9.44. The maximum Gasteiger partial charge on any atom is 0.312 e. The van der Waals surface area contributed by atoms with Gasteiger partial charge in [-0.25, -0.2) is 13.6 Å². The number of alkyl halides is 2. The van der Waals surface area contributed by atoms with Gasteiger partial charge in [0.25, 0.3) is 0 Å². The van der Waals surface area contributed by atoms with Crippen LogP contribution in [0.1, 0.15) is 191 Å². The highest BCUT2D eigenvalue weighted by Gasteiger charge is 2.80. The van der Waals surface area contributed by atoms with Crippen molar-refractivity contribution >= 4 is 64.6 Å². The number of benzene rings is 1. The maximum absolute atomic E-state index is 18.2. The Hall–Kier alpha value is -7.76. The quantitative estimate of drug-likeness (QED) is 0.0324. The number of anilines is 1. The summed E-state index contributed by atoms with van der Waals surface area (Å²) < 4.78 is 88.6. The van der Waals surface area contributed by atoms with Crippen LogP contribution in [0.2, 0.25) is 0 Å². The molecule has 4 heterocycles. The molecule has 700 valence electrons. The normalized spacial score (nSPS) is 30.6. The summed E-state index contributed by atoms with van der Waals surface area (Å²) in [6, 6.07) is 1.35. The second-order valence-corrected chi connectivity index (χ2v) is 36.1. The number of likely N-dealkylation sites (tertiary alicyclic amines) is 1. The van der Waals surface area contributed by atoms with Crippen LogP contribution in [0.4, 0.5) is 19.3 Å². The molecule has 5 aliphatic carbocycles. The van der Waals surface area contributed by atoms with E-state index in [2.05, 4.69) is 70.6 Å². The van der Waals surface area contributed by atoms with E-state index in [1.165, 1.54) is 53.3 Å². The lowest BCUT2D eigenvalue weighted by Crippen LogP contribution is -2.71. The number of halogens is 2. The molecule has 3 saturated heterocycles. The first kappa shape index (κ1) is 99.4. The van der Waals surface area contributed by atoms with Gasteiger partial charge in [-0.1, -0.05) is 87.1 Å². The molecule has 0 radical (unpaired) electrons. The number of carbonyl (C=O) groups is 10. The van der Waals surface area contributed by atoms with Crippen molar-refractivity contribution in [3.63, 3.8) is 0 Å². The van der Waals surface area contributed by atoms with Gasteiger partial charge in [-0.2, -0.15) is 0 Å². The smallest absolute Gasteiger partial charge is 0.312 e. The van der Waals surface area contributed by atoms with E-state index in [1.54, 1.807) is 20.8 Å². The van der Waals surface area contributed by atoms with E-state index in [9.17, 15) is 68.7 Å². The molecule has 0 spiro atoms. The van der Waals surface area contributed by atoms with Crippen molar-refractivity contribution in [3.05, 3.63) is 59.5 Å². The molecular weight excluding hydrogens is 1630 g/mol. The van der Waals surface area contributed by atoms with Gasteiger partial charge in [0.15, 0.2) is 29.6 Å². The van der Waals surface area contributed by atoms with E-state index in [0.29, 0.717) is 49.4 Å². The number of rotatable bonds is 48. The highest BCUT2D eigenvalue weighted by Crippen LogP contribution is 2.72. The number of aliphatic hydroxyl groups is 5. The van der Waals surface area contributed by atoms with Crippen LogP contribution in [-0.2, 0) is 81.0 Å². The molecular formula is C88H135F2N11O24. The summed E-state index contributed by atoms with van der Waals surface area (Å²) in [6.07, 6.45) is -1.75. The SMILES string of the molecule is CCCC1O[C@@H]2C[C@H]3[C@@H]4C[C@H](F)C5=CC(=O)C=C[C@]5(C)[C@@]4(F)[C@@H](O)C[C@]3(C)[C@]2(C(=O)COc2ccc(NC(=O)[C@H](CCCNC(N)=O)NC(=O)[C@@H](NC(=O)[C@@H](CCCCNC(=O)COC3CCCCCC4=C3NNN4[C@@H]3O[C@H](CO)[C@H](O)[C@H](O)[C@H]3O)NC(=O)CCOCCOCCOCCOCCN3C(=O)CC(C(C)(CCC)CC(C)C)C3=O)C(C)C)cc2)O1. The zero-order valence-corrected chi connectivity index (χ0v) is 73.7.